The number of nitrogen functional groups attached to an aromatic ring is 1. The van der Waals surface area contributed by atoms with Gasteiger partial charge < -0.3 is 5.73 Å². The third kappa shape index (κ3) is 2.37. The molecule has 1 aromatic heterocycles. The lowest BCUT2D eigenvalue weighted by atomic mass is 9.92. The van der Waals surface area contributed by atoms with E-state index < -0.39 is 5.41 Å². The average Bonchev–Trinajstić information content (AvgIpc) is 2.75. The molecular formula is C12H18N4O2. The summed E-state index contributed by atoms with van der Waals surface area (Å²) in [7, 11) is 0. The van der Waals surface area contributed by atoms with E-state index in [1.165, 1.54) is 4.90 Å². The van der Waals surface area contributed by atoms with E-state index in [-0.39, 0.29) is 11.8 Å². The second-order valence-electron chi connectivity index (χ2n) is 5.27. The molecule has 0 bridgehead atoms. The van der Waals surface area contributed by atoms with Crippen LogP contribution in [-0.2, 0) is 16.1 Å². The van der Waals surface area contributed by atoms with Crippen LogP contribution in [0, 0.1) is 5.41 Å². The van der Waals surface area contributed by atoms with Gasteiger partial charge in [-0.2, -0.15) is 5.10 Å². The van der Waals surface area contributed by atoms with Crippen LogP contribution in [0.2, 0.25) is 0 Å². The Labute approximate surface area is 106 Å². The van der Waals surface area contributed by atoms with Crippen molar-refractivity contribution < 1.29 is 9.59 Å². The minimum Gasteiger partial charge on any atom is -0.382 e. The van der Waals surface area contributed by atoms with E-state index in [2.05, 4.69) is 5.10 Å². The topological polar surface area (TPSA) is 81.2 Å². The molecule has 18 heavy (non-hydrogen) atoms. The zero-order chi connectivity index (χ0) is 13.3. The number of aromatic nitrogens is 2. The summed E-state index contributed by atoms with van der Waals surface area (Å²) < 4.78 is 1.71. The highest BCUT2D eigenvalue weighted by molar-refractivity contribution is 6.05. The minimum atomic E-state index is -0.548. The molecule has 0 spiro atoms. The number of amides is 2. The van der Waals surface area contributed by atoms with Crippen molar-refractivity contribution in [3.05, 3.63) is 12.3 Å². The molecule has 1 aliphatic heterocycles. The van der Waals surface area contributed by atoms with Crippen LogP contribution in [0.4, 0.5) is 5.82 Å². The fraction of sp³-hybridized carbons (Fsp3) is 0.583. The van der Waals surface area contributed by atoms with Gasteiger partial charge >= 0.3 is 0 Å². The van der Waals surface area contributed by atoms with Crippen LogP contribution in [-0.4, -0.2) is 33.0 Å². The first-order chi connectivity index (χ1) is 8.40. The van der Waals surface area contributed by atoms with E-state index >= 15 is 0 Å². The Morgan fingerprint density at radius 1 is 1.39 bits per heavy atom. The molecule has 2 amide bonds. The Balaban J connectivity index is 1.87. The summed E-state index contributed by atoms with van der Waals surface area (Å²) in [4.78, 5) is 25.0. The lowest BCUT2D eigenvalue weighted by molar-refractivity contribution is -0.140. The molecule has 6 nitrogen and oxygen atoms in total. The summed E-state index contributed by atoms with van der Waals surface area (Å²) in [6, 6.07) is 1.72. The highest BCUT2D eigenvalue weighted by atomic mass is 16.2. The van der Waals surface area contributed by atoms with Crippen molar-refractivity contribution in [3.63, 3.8) is 0 Å². The summed E-state index contributed by atoms with van der Waals surface area (Å²) >= 11 is 0. The average molecular weight is 250 g/mol. The quantitative estimate of drug-likeness (QED) is 0.795. The smallest absolute Gasteiger partial charge is 0.235 e. The molecule has 0 radical (unpaired) electrons. The first-order valence-electron chi connectivity index (χ1n) is 6.04. The van der Waals surface area contributed by atoms with Crippen LogP contribution < -0.4 is 5.73 Å². The lowest BCUT2D eigenvalue weighted by Gasteiger charge is -2.17. The van der Waals surface area contributed by atoms with Crippen molar-refractivity contribution in [1.82, 2.24) is 14.7 Å². The Kier molecular flexibility index (Phi) is 3.11. The second-order valence-corrected chi connectivity index (χ2v) is 5.27. The van der Waals surface area contributed by atoms with Crippen LogP contribution in [0.5, 0.6) is 0 Å². The number of nitrogens with two attached hydrogens (primary N) is 1. The predicted octanol–water partition coefficient (Wildman–Crippen LogP) is 0.640. The summed E-state index contributed by atoms with van der Waals surface area (Å²) in [5.74, 6) is 0.321. The van der Waals surface area contributed by atoms with Crippen molar-refractivity contribution in [2.75, 3.05) is 12.3 Å². The molecule has 6 heteroatoms. The van der Waals surface area contributed by atoms with Gasteiger partial charge in [-0.05, 0) is 12.5 Å². The van der Waals surface area contributed by atoms with Gasteiger partial charge in [-0.25, -0.2) is 0 Å². The maximum absolute atomic E-state index is 11.9. The van der Waals surface area contributed by atoms with Gasteiger partial charge in [0.25, 0.3) is 0 Å². The Morgan fingerprint density at radius 3 is 2.61 bits per heavy atom. The van der Waals surface area contributed by atoms with Crippen molar-refractivity contribution >= 4 is 17.6 Å². The summed E-state index contributed by atoms with van der Waals surface area (Å²) in [5, 5.41) is 4.05. The number of nitrogens with zero attached hydrogens (tertiary/aromatic N) is 3. The third-order valence-electron chi connectivity index (χ3n) is 3.15. The van der Waals surface area contributed by atoms with Crippen LogP contribution >= 0.6 is 0 Å². The van der Waals surface area contributed by atoms with Crippen LogP contribution in [0.25, 0.3) is 0 Å². The molecule has 1 saturated heterocycles. The molecule has 1 fully saturated rings. The van der Waals surface area contributed by atoms with Crippen LogP contribution in [0.3, 0.4) is 0 Å². The molecule has 0 aliphatic carbocycles. The summed E-state index contributed by atoms with van der Waals surface area (Å²) in [6.07, 6.45) is 2.78. The monoisotopic (exact) mass is 250 g/mol. The molecule has 0 saturated carbocycles. The maximum Gasteiger partial charge on any atom is 0.235 e. The van der Waals surface area contributed by atoms with Crippen molar-refractivity contribution in [3.8, 4) is 0 Å². The fourth-order valence-electron chi connectivity index (χ4n) is 2.15. The standard InChI is InChI=1S/C12H18N4O2/c1-12(2)8-10(17)16(11(12)18)6-3-5-15-7-4-9(13)14-15/h4,7H,3,5-6,8H2,1-2H3,(H2,13,14). The van der Waals surface area contributed by atoms with E-state index in [1.54, 1.807) is 30.8 Å². The minimum absolute atomic E-state index is 0.0764. The SMILES string of the molecule is CC1(C)CC(=O)N(CCCn2ccc(N)n2)C1=O. The van der Waals surface area contributed by atoms with E-state index in [4.69, 9.17) is 5.73 Å². The first-order valence-corrected chi connectivity index (χ1v) is 6.04. The number of likely N-dealkylation sites (tertiary alicyclic amines) is 1. The predicted molar refractivity (Wildman–Crippen MR) is 66.4 cm³/mol. The van der Waals surface area contributed by atoms with Gasteiger partial charge in [0.15, 0.2) is 0 Å². The highest BCUT2D eigenvalue weighted by Gasteiger charge is 2.44. The fourth-order valence-corrected chi connectivity index (χ4v) is 2.15. The van der Waals surface area contributed by atoms with Gasteiger partial charge in [0.2, 0.25) is 11.8 Å². The van der Waals surface area contributed by atoms with Crippen molar-refractivity contribution in [2.45, 2.75) is 33.2 Å². The van der Waals surface area contributed by atoms with Crippen LogP contribution in [0.1, 0.15) is 26.7 Å². The van der Waals surface area contributed by atoms with E-state index in [9.17, 15) is 9.59 Å². The normalized spacial score (nSPS) is 18.7. The molecule has 1 aromatic rings. The first kappa shape index (κ1) is 12.6. The Morgan fingerprint density at radius 2 is 2.11 bits per heavy atom. The van der Waals surface area contributed by atoms with Crippen molar-refractivity contribution in [1.29, 1.82) is 0 Å². The molecule has 2 heterocycles. The number of carbonyl (C=O) groups is 2. The number of hydrogen-bond acceptors (Lipinski definition) is 4. The number of carbonyl (C=O) groups excluding carboxylic acids is 2. The van der Waals surface area contributed by atoms with Gasteiger partial charge in [-0.1, -0.05) is 13.8 Å². The highest BCUT2D eigenvalue weighted by Crippen LogP contribution is 2.31. The maximum atomic E-state index is 11.9. The summed E-state index contributed by atoms with van der Waals surface area (Å²) in [5.41, 5.74) is 4.95. The Hall–Kier alpha value is -1.85. The van der Waals surface area contributed by atoms with E-state index in [0.717, 1.165) is 0 Å². The number of hydrogen-bond donors (Lipinski definition) is 1. The van der Waals surface area contributed by atoms with Gasteiger partial charge in [0.05, 0.1) is 5.41 Å². The molecule has 2 N–H and O–H groups in total. The zero-order valence-corrected chi connectivity index (χ0v) is 10.7. The molecule has 1 aliphatic rings. The van der Waals surface area contributed by atoms with E-state index in [0.29, 0.717) is 31.7 Å². The number of imide groups is 1. The Bertz CT molecular complexity index is 478. The molecular weight excluding hydrogens is 232 g/mol. The number of aryl methyl sites for hydroxylation is 1. The van der Waals surface area contributed by atoms with E-state index in [1.807, 2.05) is 0 Å². The second kappa shape index (κ2) is 4.44. The van der Waals surface area contributed by atoms with Crippen LogP contribution in [0.15, 0.2) is 12.3 Å². The molecule has 2 rings (SSSR count). The zero-order valence-electron chi connectivity index (χ0n) is 10.7. The van der Waals surface area contributed by atoms with Gasteiger partial charge in [0, 0.05) is 25.7 Å². The molecule has 0 unspecified atom stereocenters. The largest absolute Gasteiger partial charge is 0.382 e. The summed E-state index contributed by atoms with van der Waals surface area (Å²) in [6.45, 7) is 4.71. The van der Waals surface area contributed by atoms with Crippen molar-refractivity contribution in [2.24, 2.45) is 5.41 Å². The van der Waals surface area contributed by atoms with Gasteiger partial charge in [0.1, 0.15) is 5.82 Å². The molecule has 0 aromatic carbocycles. The van der Waals surface area contributed by atoms with Gasteiger partial charge in [-0.3, -0.25) is 19.2 Å². The lowest BCUT2D eigenvalue weighted by Crippen LogP contribution is -2.34. The molecule has 0 atom stereocenters. The van der Waals surface area contributed by atoms with Gasteiger partial charge in [-0.15, -0.1) is 0 Å². The third-order valence-corrected chi connectivity index (χ3v) is 3.15. The number of anilines is 1. The molecule has 98 valence electrons. The number of rotatable bonds is 4.